The maximum atomic E-state index is 11.1. The van der Waals surface area contributed by atoms with Gasteiger partial charge in [-0.1, -0.05) is 24.5 Å². The molecule has 2 rings (SSSR count). The summed E-state index contributed by atoms with van der Waals surface area (Å²) in [5.41, 5.74) is 1.43. The molecule has 0 saturated heterocycles. The van der Waals surface area contributed by atoms with Crippen LogP contribution < -0.4 is 0 Å². The number of methoxy groups -OCH3 is 1. The van der Waals surface area contributed by atoms with Crippen molar-refractivity contribution in [2.24, 2.45) is 11.8 Å². The Morgan fingerprint density at radius 2 is 2.17 bits per heavy atom. The van der Waals surface area contributed by atoms with Gasteiger partial charge in [0.05, 0.1) is 7.11 Å². The molecule has 1 saturated carbocycles. The smallest absolute Gasteiger partial charge is 0.334 e. The first-order chi connectivity index (χ1) is 8.70. The summed E-state index contributed by atoms with van der Waals surface area (Å²) in [5, 5.41) is 9.58. The molecule has 0 heterocycles. The summed E-state index contributed by atoms with van der Waals surface area (Å²) in [5.74, 6) is 1.24. The molecule has 3 unspecified atom stereocenters. The van der Waals surface area contributed by atoms with E-state index >= 15 is 0 Å². The SMILES string of the molecule is COC(=O)C(O)CCC1=CCC2CCCCC2C1. The zero-order valence-corrected chi connectivity index (χ0v) is 11.2. The largest absolute Gasteiger partial charge is 0.467 e. The molecule has 0 aromatic rings. The minimum Gasteiger partial charge on any atom is -0.467 e. The average Bonchev–Trinajstić information content (AvgIpc) is 2.43. The monoisotopic (exact) mass is 252 g/mol. The van der Waals surface area contributed by atoms with Crippen LogP contribution in [0.15, 0.2) is 11.6 Å². The minimum absolute atomic E-state index is 0.496. The summed E-state index contributed by atoms with van der Waals surface area (Å²) in [6.07, 6.45) is 10.6. The van der Waals surface area contributed by atoms with Crippen molar-refractivity contribution in [2.45, 2.75) is 57.5 Å². The molecule has 3 atom stereocenters. The lowest BCUT2D eigenvalue weighted by Gasteiger charge is -2.35. The number of hydrogen-bond donors (Lipinski definition) is 1. The summed E-state index contributed by atoms with van der Waals surface area (Å²) in [7, 11) is 1.32. The van der Waals surface area contributed by atoms with Crippen LogP contribution in [0, 0.1) is 11.8 Å². The van der Waals surface area contributed by atoms with Crippen LogP contribution in [-0.4, -0.2) is 24.3 Å². The van der Waals surface area contributed by atoms with E-state index < -0.39 is 12.1 Å². The van der Waals surface area contributed by atoms with Crippen molar-refractivity contribution < 1.29 is 14.6 Å². The highest BCUT2D eigenvalue weighted by Gasteiger charge is 2.28. The number of allylic oxidation sites excluding steroid dienone is 2. The van der Waals surface area contributed by atoms with Crippen LogP contribution in [0.5, 0.6) is 0 Å². The molecule has 0 radical (unpaired) electrons. The Morgan fingerprint density at radius 1 is 1.44 bits per heavy atom. The number of fused-ring (bicyclic) bond motifs is 1. The van der Waals surface area contributed by atoms with Crippen LogP contribution >= 0.6 is 0 Å². The first-order valence-corrected chi connectivity index (χ1v) is 7.14. The zero-order valence-electron chi connectivity index (χ0n) is 11.2. The first-order valence-electron chi connectivity index (χ1n) is 7.14. The van der Waals surface area contributed by atoms with Gasteiger partial charge in [0.25, 0.3) is 0 Å². The highest BCUT2D eigenvalue weighted by molar-refractivity contribution is 5.74. The Labute approximate surface area is 109 Å². The molecule has 3 nitrogen and oxygen atoms in total. The summed E-state index contributed by atoms with van der Waals surface area (Å²) >= 11 is 0. The molecule has 1 fully saturated rings. The van der Waals surface area contributed by atoms with Gasteiger partial charge >= 0.3 is 5.97 Å². The van der Waals surface area contributed by atoms with Crippen LogP contribution in [0.25, 0.3) is 0 Å². The van der Waals surface area contributed by atoms with E-state index in [0.29, 0.717) is 6.42 Å². The van der Waals surface area contributed by atoms with E-state index in [9.17, 15) is 9.90 Å². The predicted molar refractivity (Wildman–Crippen MR) is 70.0 cm³/mol. The lowest BCUT2D eigenvalue weighted by molar-refractivity contribution is -0.150. The summed E-state index contributed by atoms with van der Waals surface area (Å²) in [6, 6.07) is 0. The Balaban J connectivity index is 1.80. The van der Waals surface area contributed by atoms with Gasteiger partial charge in [-0.25, -0.2) is 4.79 Å². The Morgan fingerprint density at radius 3 is 2.89 bits per heavy atom. The van der Waals surface area contributed by atoms with E-state index in [1.165, 1.54) is 51.2 Å². The first kappa shape index (κ1) is 13.6. The number of rotatable bonds is 4. The second-order valence-electron chi connectivity index (χ2n) is 5.68. The second kappa shape index (κ2) is 6.37. The van der Waals surface area contributed by atoms with E-state index in [4.69, 9.17) is 0 Å². The summed E-state index contributed by atoms with van der Waals surface area (Å²) in [6.45, 7) is 0. The van der Waals surface area contributed by atoms with Gasteiger partial charge in [-0.2, -0.15) is 0 Å². The molecule has 0 bridgehead atoms. The van der Waals surface area contributed by atoms with Crippen LogP contribution in [0.1, 0.15) is 51.4 Å². The maximum absolute atomic E-state index is 11.1. The molecule has 18 heavy (non-hydrogen) atoms. The topological polar surface area (TPSA) is 46.5 Å². The van der Waals surface area contributed by atoms with Crippen LogP contribution in [0.4, 0.5) is 0 Å². The summed E-state index contributed by atoms with van der Waals surface area (Å²) < 4.78 is 4.53. The second-order valence-corrected chi connectivity index (χ2v) is 5.68. The number of esters is 1. The molecular weight excluding hydrogens is 228 g/mol. The van der Waals surface area contributed by atoms with Crippen molar-refractivity contribution in [3.8, 4) is 0 Å². The predicted octanol–water partition coefficient (Wildman–Crippen LogP) is 2.83. The number of carbonyl (C=O) groups is 1. The molecule has 0 spiro atoms. The fourth-order valence-corrected chi connectivity index (χ4v) is 3.38. The van der Waals surface area contributed by atoms with E-state index in [1.54, 1.807) is 0 Å². The summed E-state index contributed by atoms with van der Waals surface area (Å²) in [4.78, 5) is 11.1. The Hall–Kier alpha value is -0.830. The lowest BCUT2D eigenvalue weighted by Crippen LogP contribution is -2.24. The van der Waals surface area contributed by atoms with Crippen LogP contribution in [0.3, 0.4) is 0 Å². The van der Waals surface area contributed by atoms with E-state index in [1.807, 2.05) is 0 Å². The van der Waals surface area contributed by atoms with Crippen molar-refractivity contribution >= 4 is 5.97 Å². The molecule has 0 aromatic heterocycles. The van der Waals surface area contributed by atoms with Gasteiger partial charge < -0.3 is 9.84 Å². The molecule has 3 heteroatoms. The van der Waals surface area contributed by atoms with Crippen LogP contribution in [-0.2, 0) is 9.53 Å². The number of aliphatic hydroxyl groups excluding tert-OH is 1. The van der Waals surface area contributed by atoms with E-state index in [-0.39, 0.29) is 0 Å². The third-order valence-corrected chi connectivity index (χ3v) is 4.51. The van der Waals surface area contributed by atoms with Gasteiger partial charge in [0.1, 0.15) is 0 Å². The number of carbonyl (C=O) groups excluding carboxylic acids is 1. The molecular formula is C15H24O3. The van der Waals surface area contributed by atoms with Gasteiger partial charge in [0, 0.05) is 0 Å². The van der Waals surface area contributed by atoms with Crippen molar-refractivity contribution in [3.63, 3.8) is 0 Å². The molecule has 2 aliphatic carbocycles. The van der Waals surface area contributed by atoms with Crippen molar-refractivity contribution in [2.75, 3.05) is 7.11 Å². The van der Waals surface area contributed by atoms with E-state index in [0.717, 1.165) is 18.3 Å². The number of ether oxygens (including phenoxy) is 1. The third kappa shape index (κ3) is 3.35. The van der Waals surface area contributed by atoms with Gasteiger partial charge in [0.15, 0.2) is 6.10 Å². The Bertz CT molecular complexity index is 322. The van der Waals surface area contributed by atoms with Gasteiger partial charge in [-0.3, -0.25) is 0 Å². The number of hydrogen-bond acceptors (Lipinski definition) is 3. The lowest BCUT2D eigenvalue weighted by atomic mass is 9.71. The molecule has 0 aromatic carbocycles. The van der Waals surface area contributed by atoms with Crippen molar-refractivity contribution in [1.29, 1.82) is 0 Å². The minimum atomic E-state index is -0.958. The van der Waals surface area contributed by atoms with Gasteiger partial charge in [-0.15, -0.1) is 0 Å². The highest BCUT2D eigenvalue weighted by atomic mass is 16.5. The highest BCUT2D eigenvalue weighted by Crippen LogP contribution is 2.40. The van der Waals surface area contributed by atoms with E-state index in [2.05, 4.69) is 10.8 Å². The molecule has 1 N–H and O–H groups in total. The normalized spacial score (nSPS) is 29.1. The average molecular weight is 252 g/mol. The third-order valence-electron chi connectivity index (χ3n) is 4.51. The molecule has 2 aliphatic rings. The number of aliphatic hydroxyl groups is 1. The van der Waals surface area contributed by atoms with Crippen molar-refractivity contribution in [3.05, 3.63) is 11.6 Å². The molecule has 102 valence electrons. The molecule has 0 aliphatic heterocycles. The van der Waals surface area contributed by atoms with Gasteiger partial charge in [-0.05, 0) is 50.4 Å². The zero-order chi connectivity index (χ0) is 13.0. The Kier molecular flexibility index (Phi) is 4.81. The van der Waals surface area contributed by atoms with Gasteiger partial charge in [0.2, 0.25) is 0 Å². The molecule has 0 amide bonds. The van der Waals surface area contributed by atoms with Crippen LogP contribution in [0.2, 0.25) is 0 Å². The quantitative estimate of drug-likeness (QED) is 0.618. The van der Waals surface area contributed by atoms with Crippen molar-refractivity contribution in [1.82, 2.24) is 0 Å². The maximum Gasteiger partial charge on any atom is 0.334 e. The fourth-order valence-electron chi connectivity index (χ4n) is 3.38. The fraction of sp³-hybridized carbons (Fsp3) is 0.800. The standard InChI is InChI=1S/C15H24O3/c1-18-15(17)14(16)9-7-11-6-8-12-4-2-3-5-13(12)10-11/h6,12-14,16H,2-5,7-10H2,1H3.